The molecular weight excluding hydrogens is 292 g/mol. The van der Waals surface area contributed by atoms with E-state index in [-0.39, 0.29) is 0 Å². The lowest BCUT2D eigenvalue weighted by Gasteiger charge is -2.41. The number of allylic oxidation sites excluding steroid dienone is 2. The van der Waals surface area contributed by atoms with Gasteiger partial charge in [-0.2, -0.15) is 0 Å². The summed E-state index contributed by atoms with van der Waals surface area (Å²) in [7, 11) is 0. The minimum Gasteiger partial charge on any atom is -0.293 e. The summed E-state index contributed by atoms with van der Waals surface area (Å²) < 4.78 is 0. The largest absolute Gasteiger partial charge is 0.293 e. The Hall–Kier alpha value is -1.67. The maximum atomic E-state index is 4.66. The monoisotopic (exact) mass is 318 g/mol. The molecule has 124 valence electrons. The molecule has 1 aromatic rings. The Balaban J connectivity index is 1.45. The molecule has 2 aliphatic carbocycles. The van der Waals surface area contributed by atoms with Gasteiger partial charge in [0.1, 0.15) is 0 Å². The van der Waals surface area contributed by atoms with Crippen molar-refractivity contribution in [3.63, 3.8) is 0 Å². The Morgan fingerprint density at radius 1 is 1.12 bits per heavy atom. The van der Waals surface area contributed by atoms with Crippen molar-refractivity contribution < 1.29 is 0 Å². The van der Waals surface area contributed by atoms with Crippen LogP contribution < -0.4 is 0 Å². The van der Waals surface area contributed by atoms with Crippen LogP contribution in [-0.4, -0.2) is 36.3 Å². The van der Waals surface area contributed by atoms with E-state index >= 15 is 0 Å². The van der Waals surface area contributed by atoms with Crippen molar-refractivity contribution in [2.45, 2.75) is 44.2 Å². The SMILES string of the molecule is C1=CC2=C3CC4CC(C=NC1)C2CCC3N4CCc1ccccc1. The summed E-state index contributed by atoms with van der Waals surface area (Å²) in [5.41, 5.74) is 4.93. The minimum atomic E-state index is 0.660. The molecule has 0 amide bonds. The second-order valence-corrected chi connectivity index (χ2v) is 7.83. The van der Waals surface area contributed by atoms with Gasteiger partial charge in [-0.25, -0.2) is 0 Å². The van der Waals surface area contributed by atoms with Crippen LogP contribution in [0, 0.1) is 11.8 Å². The molecule has 0 radical (unpaired) electrons. The van der Waals surface area contributed by atoms with Crippen molar-refractivity contribution in [3.8, 4) is 0 Å². The predicted octanol–water partition coefficient (Wildman–Crippen LogP) is 4.04. The van der Waals surface area contributed by atoms with Crippen molar-refractivity contribution in [1.82, 2.24) is 4.90 Å². The van der Waals surface area contributed by atoms with Gasteiger partial charge < -0.3 is 0 Å². The number of fused-ring (bicyclic) bond motifs is 1. The molecule has 4 aliphatic rings. The zero-order chi connectivity index (χ0) is 15.9. The highest BCUT2D eigenvalue weighted by Gasteiger charge is 2.47. The quantitative estimate of drug-likeness (QED) is 0.821. The second-order valence-electron chi connectivity index (χ2n) is 7.83. The van der Waals surface area contributed by atoms with Crippen molar-refractivity contribution in [2.75, 3.05) is 13.1 Å². The predicted molar refractivity (Wildman–Crippen MR) is 99.4 cm³/mol. The summed E-state index contributed by atoms with van der Waals surface area (Å²) in [5.74, 6) is 1.41. The molecule has 0 N–H and O–H groups in total. The molecule has 1 fully saturated rings. The van der Waals surface area contributed by atoms with Crippen LogP contribution in [0.4, 0.5) is 0 Å². The fraction of sp³-hybridized carbons (Fsp3) is 0.500. The molecule has 1 aromatic carbocycles. The number of benzene rings is 1. The molecule has 2 heteroatoms. The summed E-state index contributed by atoms with van der Waals surface area (Å²) in [5, 5.41) is 0. The standard InChI is InChI=1S/C22H26N2/c1-2-5-16(6-3-1)10-12-24-18-13-17-15-23-11-4-7-20-19(17)8-9-22(24)21(20)14-18/h1-7,15,17-19,22H,8-14H2. The van der Waals surface area contributed by atoms with Gasteiger partial charge in [-0.15, -0.1) is 0 Å². The molecule has 2 aliphatic heterocycles. The Kier molecular flexibility index (Phi) is 3.66. The highest BCUT2D eigenvalue weighted by atomic mass is 15.2. The molecule has 0 spiro atoms. The lowest BCUT2D eigenvalue weighted by molar-refractivity contribution is 0.141. The van der Waals surface area contributed by atoms with Crippen molar-refractivity contribution >= 4 is 6.21 Å². The Labute approximate surface area is 145 Å². The molecule has 2 nitrogen and oxygen atoms in total. The van der Waals surface area contributed by atoms with E-state index in [1.54, 1.807) is 11.1 Å². The van der Waals surface area contributed by atoms with Gasteiger partial charge in [0.25, 0.3) is 0 Å². The van der Waals surface area contributed by atoms with Gasteiger partial charge in [-0.05, 0) is 54.7 Å². The van der Waals surface area contributed by atoms with E-state index in [1.807, 2.05) is 0 Å². The molecule has 1 saturated heterocycles. The Morgan fingerprint density at radius 3 is 2.96 bits per heavy atom. The fourth-order valence-corrected chi connectivity index (χ4v) is 5.56. The van der Waals surface area contributed by atoms with Crippen molar-refractivity contribution in [2.24, 2.45) is 16.8 Å². The molecule has 0 saturated carbocycles. The molecule has 5 rings (SSSR count). The van der Waals surface area contributed by atoms with Crippen molar-refractivity contribution in [1.29, 1.82) is 0 Å². The fourth-order valence-electron chi connectivity index (χ4n) is 5.56. The molecule has 0 aromatic heterocycles. The van der Waals surface area contributed by atoms with E-state index in [4.69, 9.17) is 0 Å². The smallest absolute Gasteiger partial charge is 0.0569 e. The third kappa shape index (κ3) is 2.39. The summed E-state index contributed by atoms with van der Waals surface area (Å²) in [6.45, 7) is 2.07. The van der Waals surface area contributed by atoms with E-state index < -0.39 is 0 Å². The van der Waals surface area contributed by atoms with E-state index in [0.717, 1.165) is 18.5 Å². The molecule has 4 unspecified atom stereocenters. The molecular formula is C22H26N2. The van der Waals surface area contributed by atoms with Crippen LogP contribution >= 0.6 is 0 Å². The number of nitrogens with zero attached hydrogens (tertiary/aromatic N) is 2. The van der Waals surface area contributed by atoms with E-state index in [9.17, 15) is 0 Å². The average molecular weight is 318 g/mol. The zero-order valence-electron chi connectivity index (χ0n) is 14.3. The van der Waals surface area contributed by atoms with Gasteiger partial charge in [-0.3, -0.25) is 9.89 Å². The lowest BCUT2D eigenvalue weighted by Crippen LogP contribution is -2.44. The first kappa shape index (κ1) is 14.7. The average Bonchev–Trinajstić information content (AvgIpc) is 2.87. The summed E-state index contributed by atoms with van der Waals surface area (Å²) in [6.07, 6.45) is 13.5. The summed E-state index contributed by atoms with van der Waals surface area (Å²) >= 11 is 0. The molecule has 5 bridgehead atoms. The van der Waals surface area contributed by atoms with Crippen molar-refractivity contribution in [3.05, 3.63) is 59.2 Å². The first-order valence-electron chi connectivity index (χ1n) is 9.59. The third-order valence-electron chi connectivity index (χ3n) is 6.62. The zero-order valence-corrected chi connectivity index (χ0v) is 14.3. The topological polar surface area (TPSA) is 15.6 Å². The third-order valence-corrected chi connectivity index (χ3v) is 6.62. The maximum absolute atomic E-state index is 4.66. The highest BCUT2D eigenvalue weighted by Crippen LogP contribution is 2.50. The van der Waals surface area contributed by atoms with Gasteiger partial charge >= 0.3 is 0 Å². The van der Waals surface area contributed by atoms with Gasteiger partial charge in [-0.1, -0.05) is 42.5 Å². The van der Waals surface area contributed by atoms with Crippen LogP contribution in [0.3, 0.4) is 0 Å². The number of rotatable bonds is 3. The molecule has 2 heterocycles. The number of likely N-dealkylation sites (tertiary alicyclic amines) is 1. The lowest BCUT2D eigenvalue weighted by atomic mass is 9.73. The molecule has 24 heavy (non-hydrogen) atoms. The van der Waals surface area contributed by atoms with E-state index in [0.29, 0.717) is 12.0 Å². The van der Waals surface area contributed by atoms with Crippen LogP contribution in [-0.2, 0) is 6.42 Å². The highest BCUT2D eigenvalue weighted by molar-refractivity contribution is 5.64. The first-order chi connectivity index (χ1) is 11.9. The van der Waals surface area contributed by atoms with Crippen LogP contribution in [0.5, 0.6) is 0 Å². The Morgan fingerprint density at radius 2 is 2.04 bits per heavy atom. The maximum Gasteiger partial charge on any atom is 0.0569 e. The van der Waals surface area contributed by atoms with Crippen LogP contribution in [0.25, 0.3) is 0 Å². The number of hydrogen-bond donors (Lipinski definition) is 0. The van der Waals surface area contributed by atoms with E-state index in [2.05, 4.69) is 58.6 Å². The van der Waals surface area contributed by atoms with Gasteiger partial charge in [0.05, 0.1) is 6.54 Å². The summed E-state index contributed by atoms with van der Waals surface area (Å²) in [6, 6.07) is 12.4. The first-order valence-corrected chi connectivity index (χ1v) is 9.59. The van der Waals surface area contributed by atoms with Gasteiger partial charge in [0, 0.05) is 30.8 Å². The summed E-state index contributed by atoms with van der Waals surface area (Å²) in [4.78, 5) is 7.50. The minimum absolute atomic E-state index is 0.660. The van der Waals surface area contributed by atoms with Gasteiger partial charge in [0.2, 0.25) is 0 Å². The van der Waals surface area contributed by atoms with Crippen LogP contribution in [0.1, 0.15) is 31.2 Å². The molecule has 4 atom stereocenters. The normalized spacial score (nSPS) is 34.3. The van der Waals surface area contributed by atoms with Crippen LogP contribution in [0.2, 0.25) is 0 Å². The second kappa shape index (κ2) is 6.00. The van der Waals surface area contributed by atoms with Gasteiger partial charge in [0.15, 0.2) is 0 Å². The van der Waals surface area contributed by atoms with E-state index in [1.165, 1.54) is 44.2 Å². The Bertz CT molecular complexity index is 700. The number of hydrogen-bond acceptors (Lipinski definition) is 2. The number of aliphatic imine (C=N–C) groups is 1. The van der Waals surface area contributed by atoms with Crippen LogP contribution in [0.15, 0.2) is 58.6 Å².